The Hall–Kier alpha value is -2.19. The van der Waals surface area contributed by atoms with E-state index in [-0.39, 0.29) is 5.91 Å². The van der Waals surface area contributed by atoms with E-state index < -0.39 is 0 Å². The number of rotatable bonds is 1. The number of para-hydroxylation sites is 1. The lowest BCUT2D eigenvalue weighted by Crippen LogP contribution is -2.24. The van der Waals surface area contributed by atoms with Gasteiger partial charge in [0.25, 0.3) is 5.91 Å². The van der Waals surface area contributed by atoms with Gasteiger partial charge in [-0.1, -0.05) is 23.9 Å². The lowest BCUT2D eigenvalue weighted by Gasteiger charge is -2.14. The molecule has 0 radical (unpaired) electrons. The number of aryl methyl sites for hydroxylation is 2. The van der Waals surface area contributed by atoms with Crippen LogP contribution in [0.3, 0.4) is 0 Å². The molecule has 6 nitrogen and oxygen atoms in total. The number of amides is 1. The number of thioether (sulfide) groups is 2. The summed E-state index contributed by atoms with van der Waals surface area (Å²) >= 11 is 3.04. The number of amidine groups is 1. The third-order valence-corrected chi connectivity index (χ3v) is 6.69. The van der Waals surface area contributed by atoms with Gasteiger partial charge < -0.3 is 4.90 Å². The summed E-state index contributed by atoms with van der Waals surface area (Å²) in [6.07, 6.45) is 0. The zero-order chi connectivity index (χ0) is 17.7. The minimum Gasteiger partial charge on any atom is -0.337 e. The van der Waals surface area contributed by atoms with Crippen molar-refractivity contribution >= 4 is 46.0 Å². The monoisotopic (exact) mass is 371 g/mol. The molecule has 2 aliphatic heterocycles. The molecule has 128 valence electrons. The number of hydrogen-bond donors (Lipinski definition) is 1. The van der Waals surface area contributed by atoms with Gasteiger partial charge in [0.2, 0.25) is 0 Å². The van der Waals surface area contributed by atoms with E-state index in [0.29, 0.717) is 10.1 Å². The smallest absolute Gasteiger partial charge is 0.269 e. The van der Waals surface area contributed by atoms with Crippen molar-refractivity contribution in [2.75, 3.05) is 19.0 Å². The van der Waals surface area contributed by atoms with Crippen LogP contribution in [0.5, 0.6) is 0 Å². The second-order valence-corrected chi connectivity index (χ2v) is 7.91. The molecule has 25 heavy (non-hydrogen) atoms. The normalized spacial score (nSPS) is 21.6. The number of carbonyl (C=O) groups excluding carboxylic acids is 1. The molecular weight excluding hydrogens is 354 g/mol. The third kappa shape index (κ3) is 2.56. The molecule has 2 aliphatic rings. The zero-order valence-corrected chi connectivity index (χ0v) is 16.0. The van der Waals surface area contributed by atoms with Crippen LogP contribution in [-0.2, 0) is 4.79 Å². The highest BCUT2D eigenvalue weighted by molar-refractivity contribution is 8.19. The van der Waals surface area contributed by atoms with E-state index >= 15 is 0 Å². The number of nitrogens with one attached hydrogen (secondary N) is 1. The van der Waals surface area contributed by atoms with Crippen molar-refractivity contribution in [1.82, 2.24) is 15.1 Å². The Kier molecular flexibility index (Phi) is 3.88. The summed E-state index contributed by atoms with van der Waals surface area (Å²) in [5.41, 5.74) is 3.64. The maximum Gasteiger partial charge on any atom is 0.269 e. The predicted octanol–water partition coefficient (Wildman–Crippen LogP) is 3.63. The molecule has 0 aliphatic carbocycles. The number of aromatic nitrogens is 2. The van der Waals surface area contributed by atoms with Gasteiger partial charge >= 0.3 is 0 Å². The van der Waals surface area contributed by atoms with Gasteiger partial charge in [0.05, 0.1) is 22.1 Å². The van der Waals surface area contributed by atoms with Crippen molar-refractivity contribution in [3.63, 3.8) is 0 Å². The maximum atomic E-state index is 12.8. The number of aromatic amines is 1. The summed E-state index contributed by atoms with van der Waals surface area (Å²) in [6.45, 7) is 3.83. The van der Waals surface area contributed by atoms with Gasteiger partial charge in [0, 0.05) is 19.0 Å². The number of hydrogen-bond acceptors (Lipinski definition) is 6. The van der Waals surface area contributed by atoms with Crippen molar-refractivity contribution in [3.8, 4) is 0 Å². The molecule has 1 aromatic carbocycles. The van der Waals surface area contributed by atoms with Crippen LogP contribution in [0.2, 0.25) is 0 Å². The molecule has 0 bridgehead atoms. The summed E-state index contributed by atoms with van der Waals surface area (Å²) in [4.78, 5) is 23.0. The molecule has 0 unspecified atom stereocenters. The Morgan fingerprint density at radius 2 is 1.88 bits per heavy atom. The van der Waals surface area contributed by atoms with E-state index in [2.05, 4.69) is 32.2 Å². The minimum atomic E-state index is -0.0234. The number of anilines is 1. The number of H-pyrrole nitrogens is 1. The molecule has 1 amide bonds. The predicted molar refractivity (Wildman–Crippen MR) is 103 cm³/mol. The lowest BCUT2D eigenvalue weighted by molar-refractivity contribution is -0.121. The first kappa shape index (κ1) is 16.3. The first-order valence-corrected chi connectivity index (χ1v) is 9.41. The fourth-order valence-electron chi connectivity index (χ4n) is 2.78. The molecular formula is C17H17N5OS2. The fraction of sp³-hybridized carbons (Fsp3) is 0.235. The van der Waals surface area contributed by atoms with Crippen LogP contribution in [0.25, 0.3) is 0 Å². The van der Waals surface area contributed by atoms with E-state index in [1.807, 2.05) is 33.0 Å². The van der Waals surface area contributed by atoms with Crippen LogP contribution in [0.4, 0.5) is 11.4 Å². The highest BCUT2D eigenvalue weighted by atomic mass is 32.2. The van der Waals surface area contributed by atoms with Crippen LogP contribution in [0, 0.1) is 13.8 Å². The topological polar surface area (TPSA) is 64.6 Å². The zero-order valence-electron chi connectivity index (χ0n) is 14.3. The second kappa shape index (κ2) is 5.96. The average molecular weight is 371 g/mol. The standard InChI is InChI=1S/C17H17N5OS2/c1-9-13(10(2)20-19-9)18-17-22(4)15(23)14(25-17)16-21(3)11-7-5-6-8-12(11)24-16/h5-8H,1-4H3,(H,19,20)/b16-14-,18-17?. The molecule has 3 heterocycles. The number of nitrogens with zero attached hydrogens (tertiary/aromatic N) is 4. The molecule has 2 aromatic rings. The largest absolute Gasteiger partial charge is 0.337 e. The van der Waals surface area contributed by atoms with Gasteiger partial charge in [0.1, 0.15) is 10.6 Å². The summed E-state index contributed by atoms with van der Waals surface area (Å²) < 4.78 is 0. The summed E-state index contributed by atoms with van der Waals surface area (Å²) in [5, 5.41) is 8.72. The van der Waals surface area contributed by atoms with Gasteiger partial charge in [0.15, 0.2) is 5.17 Å². The molecule has 0 atom stereocenters. The average Bonchev–Trinajstić information content (AvgIpc) is 3.20. The molecule has 0 saturated carbocycles. The quantitative estimate of drug-likeness (QED) is 0.776. The summed E-state index contributed by atoms with van der Waals surface area (Å²) in [6, 6.07) is 8.17. The van der Waals surface area contributed by atoms with Crippen molar-refractivity contribution in [3.05, 3.63) is 45.6 Å². The van der Waals surface area contributed by atoms with Gasteiger partial charge in [-0.2, -0.15) is 5.10 Å². The number of benzene rings is 1. The van der Waals surface area contributed by atoms with Gasteiger partial charge in [-0.15, -0.1) is 0 Å². The third-order valence-electron chi connectivity index (χ3n) is 4.21. The van der Waals surface area contributed by atoms with Crippen LogP contribution in [0.1, 0.15) is 11.4 Å². The number of likely N-dealkylation sites (N-methyl/N-ethyl adjacent to an activating group) is 1. The van der Waals surface area contributed by atoms with Gasteiger partial charge in [-0.3, -0.25) is 14.8 Å². The highest BCUT2D eigenvalue weighted by Gasteiger charge is 2.37. The maximum absolute atomic E-state index is 12.8. The molecule has 1 saturated heterocycles. The molecule has 8 heteroatoms. The summed E-state index contributed by atoms with van der Waals surface area (Å²) in [5.74, 6) is -0.0234. The first-order valence-electron chi connectivity index (χ1n) is 7.78. The number of carbonyl (C=O) groups is 1. The van der Waals surface area contributed by atoms with E-state index in [9.17, 15) is 4.79 Å². The van der Waals surface area contributed by atoms with Crippen molar-refractivity contribution in [2.45, 2.75) is 18.7 Å². The van der Waals surface area contributed by atoms with Crippen LogP contribution < -0.4 is 4.90 Å². The van der Waals surface area contributed by atoms with Gasteiger partial charge in [-0.25, -0.2) is 4.99 Å². The highest BCUT2D eigenvalue weighted by Crippen LogP contribution is 2.49. The Bertz CT molecular complexity index is 927. The molecule has 4 rings (SSSR count). The lowest BCUT2D eigenvalue weighted by atomic mass is 10.3. The van der Waals surface area contributed by atoms with E-state index in [1.54, 1.807) is 23.7 Å². The van der Waals surface area contributed by atoms with E-state index in [1.165, 1.54) is 11.8 Å². The summed E-state index contributed by atoms with van der Waals surface area (Å²) in [7, 11) is 3.76. The Morgan fingerprint density at radius 1 is 1.12 bits per heavy atom. The minimum absolute atomic E-state index is 0.0234. The molecule has 1 fully saturated rings. The number of aliphatic imine (C=N–C) groups is 1. The second-order valence-electron chi connectivity index (χ2n) is 5.91. The van der Waals surface area contributed by atoms with E-state index in [0.717, 1.165) is 32.7 Å². The number of fused-ring (bicyclic) bond motifs is 1. The molecule has 0 spiro atoms. The van der Waals surface area contributed by atoms with Crippen LogP contribution in [0.15, 0.2) is 44.1 Å². The molecule has 1 aromatic heterocycles. The molecule has 1 N–H and O–H groups in total. The fourth-order valence-corrected chi connectivity index (χ4v) is 5.10. The van der Waals surface area contributed by atoms with Crippen molar-refractivity contribution in [2.24, 2.45) is 4.99 Å². The van der Waals surface area contributed by atoms with Crippen LogP contribution >= 0.6 is 23.5 Å². The Labute approximate surface area is 154 Å². The SMILES string of the molecule is Cc1n[nH]c(C)c1N=C1S/C(=C2\Sc3ccccc3N2C)C(=O)N1C. The van der Waals surface area contributed by atoms with E-state index in [4.69, 9.17) is 0 Å². The Morgan fingerprint density at radius 3 is 2.56 bits per heavy atom. The van der Waals surface area contributed by atoms with Gasteiger partial charge in [-0.05, 0) is 37.7 Å². The van der Waals surface area contributed by atoms with Crippen molar-refractivity contribution < 1.29 is 4.79 Å². The van der Waals surface area contributed by atoms with Crippen LogP contribution in [-0.4, -0.2) is 40.3 Å². The van der Waals surface area contributed by atoms with Crippen molar-refractivity contribution in [1.29, 1.82) is 0 Å². The Balaban J connectivity index is 1.74. The first-order chi connectivity index (χ1) is 12.0.